The summed E-state index contributed by atoms with van der Waals surface area (Å²) in [5.74, 6) is 0.695. The number of nitrogens with zero attached hydrogens (tertiary/aromatic N) is 6. The molecule has 2 atom stereocenters. The maximum absolute atomic E-state index is 13.7. The zero-order chi connectivity index (χ0) is 27.1. The number of aromatic amines is 1. The van der Waals surface area contributed by atoms with Crippen molar-refractivity contribution in [2.75, 3.05) is 37.7 Å². The van der Waals surface area contributed by atoms with Crippen molar-refractivity contribution in [3.05, 3.63) is 80.4 Å². The lowest BCUT2D eigenvalue weighted by molar-refractivity contribution is 0.0906. The standard InChI is InChI=1S/C30H37N7O2/c1-19-7-8-21(3)27(16-19)35-9-11-36(12-10-35)28(29-32-33-34-37(29)18-23-6-5-13-39-23)25-17-24-22(4)14-20(2)15-26(24)31-30(25)38/h7-8,14-17,23,28H,5-6,9-13,18H2,1-4H3,(H,31,38)/t23-,28+/m1/s1. The van der Waals surface area contributed by atoms with Gasteiger partial charge in [-0.1, -0.05) is 18.2 Å². The molecule has 39 heavy (non-hydrogen) atoms. The minimum atomic E-state index is -0.365. The van der Waals surface area contributed by atoms with Crippen LogP contribution in [0.4, 0.5) is 5.69 Å². The van der Waals surface area contributed by atoms with E-state index in [1.165, 1.54) is 16.8 Å². The molecule has 0 bridgehead atoms. The molecule has 0 saturated carbocycles. The van der Waals surface area contributed by atoms with E-state index in [0.29, 0.717) is 17.9 Å². The van der Waals surface area contributed by atoms with E-state index in [2.05, 4.69) is 88.3 Å². The van der Waals surface area contributed by atoms with Crippen LogP contribution in [0.5, 0.6) is 0 Å². The van der Waals surface area contributed by atoms with Crippen molar-refractivity contribution in [2.24, 2.45) is 0 Å². The number of hydrogen-bond donors (Lipinski definition) is 1. The molecule has 2 saturated heterocycles. The van der Waals surface area contributed by atoms with Crippen molar-refractivity contribution in [3.63, 3.8) is 0 Å². The Kier molecular flexibility index (Phi) is 6.95. The number of aromatic nitrogens is 5. The Balaban J connectivity index is 1.38. The first-order valence-corrected chi connectivity index (χ1v) is 14.0. The number of hydrogen-bond acceptors (Lipinski definition) is 7. The Labute approximate surface area is 228 Å². The highest BCUT2D eigenvalue weighted by Gasteiger charge is 2.34. The van der Waals surface area contributed by atoms with Crippen molar-refractivity contribution in [1.29, 1.82) is 0 Å². The van der Waals surface area contributed by atoms with Crippen molar-refractivity contribution >= 4 is 16.6 Å². The number of ether oxygens (including phenoxy) is 1. The van der Waals surface area contributed by atoms with Gasteiger partial charge in [-0.05, 0) is 91.4 Å². The van der Waals surface area contributed by atoms with E-state index >= 15 is 0 Å². The Morgan fingerprint density at radius 2 is 1.82 bits per heavy atom. The highest BCUT2D eigenvalue weighted by molar-refractivity contribution is 5.83. The third-order valence-corrected chi connectivity index (χ3v) is 8.23. The molecule has 2 aromatic carbocycles. The zero-order valence-corrected chi connectivity index (χ0v) is 23.3. The first-order valence-electron chi connectivity index (χ1n) is 14.0. The van der Waals surface area contributed by atoms with Gasteiger partial charge in [0.25, 0.3) is 5.56 Å². The molecule has 4 heterocycles. The van der Waals surface area contributed by atoms with Gasteiger partial charge >= 0.3 is 0 Å². The fraction of sp³-hybridized carbons (Fsp3) is 0.467. The van der Waals surface area contributed by atoms with Gasteiger partial charge in [0.1, 0.15) is 6.04 Å². The van der Waals surface area contributed by atoms with Crippen LogP contribution in [-0.2, 0) is 11.3 Å². The molecule has 204 valence electrons. The molecular formula is C30H37N7O2. The smallest absolute Gasteiger partial charge is 0.253 e. The molecule has 2 aliphatic heterocycles. The summed E-state index contributed by atoms with van der Waals surface area (Å²) >= 11 is 0. The molecule has 2 fully saturated rings. The van der Waals surface area contributed by atoms with Crippen molar-refractivity contribution in [3.8, 4) is 0 Å². The highest BCUT2D eigenvalue weighted by atomic mass is 16.5. The van der Waals surface area contributed by atoms with Gasteiger partial charge in [0.15, 0.2) is 5.82 Å². The van der Waals surface area contributed by atoms with Gasteiger partial charge in [-0.3, -0.25) is 9.69 Å². The summed E-state index contributed by atoms with van der Waals surface area (Å²) in [6.07, 6.45) is 2.14. The number of tetrazole rings is 1. The molecule has 0 spiro atoms. The lowest BCUT2D eigenvalue weighted by Gasteiger charge is -2.40. The number of aryl methyl sites for hydroxylation is 4. The minimum absolute atomic E-state index is 0.0918. The Bertz CT molecular complexity index is 1540. The molecule has 1 N–H and O–H groups in total. The van der Waals surface area contributed by atoms with E-state index < -0.39 is 0 Å². The number of rotatable bonds is 6. The normalized spacial score (nSPS) is 19.2. The van der Waals surface area contributed by atoms with Gasteiger partial charge in [0.05, 0.1) is 12.6 Å². The highest BCUT2D eigenvalue weighted by Crippen LogP contribution is 2.31. The van der Waals surface area contributed by atoms with E-state index in [1.807, 2.05) is 10.7 Å². The number of piperazine rings is 1. The minimum Gasteiger partial charge on any atom is -0.376 e. The van der Waals surface area contributed by atoms with Crippen LogP contribution >= 0.6 is 0 Å². The van der Waals surface area contributed by atoms with Crippen LogP contribution in [0, 0.1) is 27.7 Å². The molecular weight excluding hydrogens is 490 g/mol. The monoisotopic (exact) mass is 527 g/mol. The fourth-order valence-electron chi connectivity index (χ4n) is 6.19. The molecule has 2 aliphatic rings. The second-order valence-electron chi connectivity index (χ2n) is 11.2. The average molecular weight is 528 g/mol. The SMILES string of the molecule is Cc1ccc(C)c(N2CCN([C@@H](c3cc4c(C)cc(C)cc4[nH]c3=O)c3nnnn3C[C@H]3CCCO3)CC2)c1. The molecule has 0 aliphatic carbocycles. The van der Waals surface area contributed by atoms with E-state index in [0.717, 1.165) is 67.7 Å². The summed E-state index contributed by atoms with van der Waals surface area (Å²) in [6.45, 7) is 13.1. The topological polar surface area (TPSA) is 92.2 Å². The second kappa shape index (κ2) is 10.5. The maximum atomic E-state index is 13.7. The summed E-state index contributed by atoms with van der Waals surface area (Å²) in [5, 5.41) is 14.0. The van der Waals surface area contributed by atoms with Crippen LogP contribution < -0.4 is 10.5 Å². The summed E-state index contributed by atoms with van der Waals surface area (Å²) in [4.78, 5) is 21.6. The molecule has 9 nitrogen and oxygen atoms in total. The molecule has 0 unspecified atom stereocenters. The van der Waals surface area contributed by atoms with Gasteiger partial charge in [0, 0.05) is 54.9 Å². The van der Waals surface area contributed by atoms with Gasteiger partial charge < -0.3 is 14.6 Å². The van der Waals surface area contributed by atoms with Crippen LogP contribution in [0.1, 0.15) is 52.5 Å². The lowest BCUT2D eigenvalue weighted by atomic mass is 9.99. The summed E-state index contributed by atoms with van der Waals surface area (Å²) in [7, 11) is 0. The van der Waals surface area contributed by atoms with E-state index in [9.17, 15) is 4.79 Å². The first kappa shape index (κ1) is 25.7. The third kappa shape index (κ3) is 5.08. The van der Waals surface area contributed by atoms with Crippen molar-refractivity contribution < 1.29 is 4.74 Å². The Morgan fingerprint density at radius 1 is 1.00 bits per heavy atom. The number of pyridine rings is 1. The largest absolute Gasteiger partial charge is 0.376 e. The van der Waals surface area contributed by atoms with Crippen LogP contribution in [-0.4, -0.2) is 69.0 Å². The number of fused-ring (bicyclic) bond motifs is 1. The number of H-pyrrole nitrogens is 1. The molecule has 9 heteroatoms. The maximum Gasteiger partial charge on any atom is 0.253 e. The summed E-state index contributed by atoms with van der Waals surface area (Å²) < 4.78 is 7.75. The first-order chi connectivity index (χ1) is 18.9. The van der Waals surface area contributed by atoms with E-state index in [1.54, 1.807) is 0 Å². The zero-order valence-electron chi connectivity index (χ0n) is 23.3. The quantitative estimate of drug-likeness (QED) is 0.407. The molecule has 0 amide bonds. The van der Waals surface area contributed by atoms with Crippen LogP contribution in [0.2, 0.25) is 0 Å². The lowest BCUT2D eigenvalue weighted by Crippen LogP contribution is -2.49. The summed E-state index contributed by atoms with van der Waals surface area (Å²) in [5.41, 5.74) is 7.53. The Hall–Kier alpha value is -3.56. The Morgan fingerprint density at radius 3 is 2.59 bits per heavy atom. The van der Waals surface area contributed by atoms with Gasteiger partial charge in [0.2, 0.25) is 0 Å². The van der Waals surface area contributed by atoms with Gasteiger partial charge in [-0.15, -0.1) is 5.10 Å². The van der Waals surface area contributed by atoms with E-state index in [4.69, 9.17) is 4.74 Å². The van der Waals surface area contributed by atoms with Gasteiger partial charge in [-0.2, -0.15) is 0 Å². The van der Waals surface area contributed by atoms with E-state index in [-0.39, 0.29) is 17.7 Å². The fourth-order valence-corrected chi connectivity index (χ4v) is 6.19. The summed E-state index contributed by atoms with van der Waals surface area (Å²) in [6, 6.07) is 12.5. The van der Waals surface area contributed by atoms with Crippen LogP contribution in [0.3, 0.4) is 0 Å². The van der Waals surface area contributed by atoms with Crippen molar-refractivity contribution in [1.82, 2.24) is 30.1 Å². The molecule has 2 aromatic heterocycles. The number of benzene rings is 2. The van der Waals surface area contributed by atoms with Crippen LogP contribution in [0.25, 0.3) is 10.9 Å². The third-order valence-electron chi connectivity index (χ3n) is 8.23. The average Bonchev–Trinajstić information content (AvgIpc) is 3.59. The second-order valence-corrected chi connectivity index (χ2v) is 11.2. The molecule has 4 aromatic rings. The predicted octanol–water partition coefficient (Wildman–Crippen LogP) is 3.84. The number of nitrogens with one attached hydrogen (secondary N) is 1. The van der Waals surface area contributed by atoms with Crippen LogP contribution in [0.15, 0.2) is 41.2 Å². The predicted molar refractivity (Wildman–Crippen MR) is 152 cm³/mol. The number of anilines is 1. The molecule has 6 rings (SSSR count). The molecule has 0 radical (unpaired) electrons. The van der Waals surface area contributed by atoms with Crippen molar-refractivity contribution in [2.45, 2.75) is 59.2 Å². The van der Waals surface area contributed by atoms with Gasteiger partial charge in [-0.25, -0.2) is 4.68 Å².